The summed E-state index contributed by atoms with van der Waals surface area (Å²) in [6, 6.07) is 7.61. The molecule has 1 fully saturated rings. The van der Waals surface area contributed by atoms with E-state index in [0.717, 1.165) is 73.7 Å². The summed E-state index contributed by atoms with van der Waals surface area (Å²) < 4.78 is 10.7. The molecule has 7 nitrogen and oxygen atoms in total. The van der Waals surface area contributed by atoms with Crippen LogP contribution in [-0.4, -0.2) is 67.3 Å². The Balaban J connectivity index is 0.00000300. The Labute approximate surface area is 194 Å². The summed E-state index contributed by atoms with van der Waals surface area (Å²) in [5.41, 5.74) is 2.03. The van der Waals surface area contributed by atoms with Crippen LogP contribution in [0.25, 0.3) is 0 Å². The summed E-state index contributed by atoms with van der Waals surface area (Å²) in [6.45, 7) is 8.15. The monoisotopic (exact) mass is 533 g/mol. The lowest BCUT2D eigenvalue weighted by Crippen LogP contribution is -2.52. The van der Waals surface area contributed by atoms with E-state index in [4.69, 9.17) is 20.9 Å². The summed E-state index contributed by atoms with van der Waals surface area (Å²) in [5.74, 6) is 1.83. The largest absolute Gasteiger partial charge is 0.493 e. The Morgan fingerprint density at radius 3 is 2.72 bits per heavy atom. The van der Waals surface area contributed by atoms with Gasteiger partial charge in [0.25, 0.3) is 0 Å². The van der Waals surface area contributed by atoms with E-state index in [1.807, 2.05) is 38.2 Å². The molecule has 0 amide bonds. The van der Waals surface area contributed by atoms with E-state index in [-0.39, 0.29) is 24.0 Å². The van der Waals surface area contributed by atoms with Gasteiger partial charge in [0.05, 0.1) is 12.3 Å². The second kappa shape index (κ2) is 12.2. The highest BCUT2D eigenvalue weighted by Gasteiger charge is 2.20. The quantitative estimate of drug-likeness (QED) is 0.255. The van der Waals surface area contributed by atoms with E-state index in [1.165, 1.54) is 0 Å². The third-order valence-corrected chi connectivity index (χ3v) is 4.99. The van der Waals surface area contributed by atoms with Crippen LogP contribution in [0.3, 0.4) is 0 Å². The number of halogens is 2. The zero-order valence-corrected chi connectivity index (χ0v) is 20.0. The van der Waals surface area contributed by atoms with Gasteiger partial charge in [0.2, 0.25) is 0 Å². The molecule has 1 N–H and O–H groups in total. The van der Waals surface area contributed by atoms with Gasteiger partial charge in [-0.15, -0.1) is 24.0 Å². The van der Waals surface area contributed by atoms with Crippen LogP contribution in [0.1, 0.15) is 17.7 Å². The van der Waals surface area contributed by atoms with Gasteiger partial charge < -0.3 is 19.5 Å². The molecule has 0 aliphatic carbocycles. The van der Waals surface area contributed by atoms with Gasteiger partial charge in [-0.05, 0) is 37.1 Å². The van der Waals surface area contributed by atoms with Gasteiger partial charge >= 0.3 is 0 Å². The molecule has 0 spiro atoms. The molecule has 0 atom stereocenters. The molecule has 0 saturated carbocycles. The normalized spacial score (nSPS) is 15.1. The maximum Gasteiger partial charge on any atom is 0.193 e. The molecule has 1 aliphatic rings. The first-order chi connectivity index (χ1) is 13.7. The molecule has 1 aromatic carbocycles. The minimum atomic E-state index is 0. The minimum Gasteiger partial charge on any atom is -0.493 e. The molecular formula is C20H29ClIN5O2. The first kappa shape index (κ1) is 23.8. The molecule has 9 heteroatoms. The fraction of sp³-hybridized carbons (Fsp3) is 0.500. The van der Waals surface area contributed by atoms with E-state index >= 15 is 0 Å². The maximum absolute atomic E-state index is 5.98. The number of piperazine rings is 1. The van der Waals surface area contributed by atoms with Crippen LogP contribution >= 0.6 is 35.6 Å². The highest BCUT2D eigenvalue weighted by Crippen LogP contribution is 2.21. The number of guanidine groups is 1. The topological polar surface area (TPSA) is 66.1 Å². The van der Waals surface area contributed by atoms with Gasteiger partial charge in [-0.3, -0.25) is 9.89 Å². The average Bonchev–Trinajstić information content (AvgIpc) is 3.20. The van der Waals surface area contributed by atoms with Crippen LogP contribution in [0.5, 0.6) is 5.75 Å². The van der Waals surface area contributed by atoms with Crippen LogP contribution in [0, 0.1) is 6.92 Å². The number of aromatic nitrogens is 1. The average molecular weight is 534 g/mol. The summed E-state index contributed by atoms with van der Waals surface area (Å²) in [4.78, 5) is 9.10. The van der Waals surface area contributed by atoms with E-state index < -0.39 is 0 Å². The van der Waals surface area contributed by atoms with Crippen LogP contribution in [0.2, 0.25) is 5.02 Å². The van der Waals surface area contributed by atoms with Crippen molar-refractivity contribution in [3.8, 4) is 5.75 Å². The summed E-state index contributed by atoms with van der Waals surface area (Å²) in [5, 5.41) is 8.16. The summed E-state index contributed by atoms with van der Waals surface area (Å²) >= 11 is 5.98. The molecule has 0 radical (unpaired) electrons. The van der Waals surface area contributed by atoms with Gasteiger partial charge in [-0.2, -0.15) is 0 Å². The van der Waals surface area contributed by atoms with Crippen molar-refractivity contribution < 1.29 is 9.26 Å². The Kier molecular flexibility index (Phi) is 10.0. The smallest absolute Gasteiger partial charge is 0.193 e. The number of hydrogen-bond donors (Lipinski definition) is 1. The molecule has 0 unspecified atom stereocenters. The predicted octanol–water partition coefficient (Wildman–Crippen LogP) is 3.42. The van der Waals surface area contributed by atoms with Crippen molar-refractivity contribution in [2.75, 3.05) is 46.4 Å². The molecule has 1 aliphatic heterocycles. The lowest BCUT2D eigenvalue weighted by Gasteiger charge is -2.36. The Hall–Kier alpha value is -1.52. The van der Waals surface area contributed by atoms with Crippen molar-refractivity contribution in [3.63, 3.8) is 0 Å². The lowest BCUT2D eigenvalue weighted by atomic mass is 10.2. The van der Waals surface area contributed by atoms with Crippen molar-refractivity contribution >= 4 is 41.5 Å². The van der Waals surface area contributed by atoms with Crippen LogP contribution in [0.15, 0.2) is 40.0 Å². The standard InChI is InChI=1S/C20H28ClN5O2.HI/c1-16-14-17(21)4-5-19(16)27-12-3-7-23-20(22-2)26-10-8-25(9-11-26)15-18-6-13-28-24-18;/h4-6,13-14H,3,7-12,15H2,1-2H3,(H,22,23);1H. The molecule has 2 heterocycles. The molecule has 3 rings (SSSR count). The van der Waals surface area contributed by atoms with Crippen molar-refractivity contribution in [1.29, 1.82) is 0 Å². The minimum absolute atomic E-state index is 0. The maximum atomic E-state index is 5.98. The lowest BCUT2D eigenvalue weighted by molar-refractivity contribution is 0.169. The number of aryl methyl sites for hydroxylation is 1. The second-order valence-electron chi connectivity index (χ2n) is 6.84. The Morgan fingerprint density at radius 1 is 1.28 bits per heavy atom. The number of hydrogen-bond acceptors (Lipinski definition) is 5. The van der Waals surface area contributed by atoms with Crippen LogP contribution in [0.4, 0.5) is 0 Å². The van der Waals surface area contributed by atoms with Gasteiger partial charge in [-0.1, -0.05) is 16.8 Å². The van der Waals surface area contributed by atoms with Crippen molar-refractivity contribution in [2.45, 2.75) is 19.9 Å². The molecule has 1 saturated heterocycles. The van der Waals surface area contributed by atoms with Crippen LogP contribution in [-0.2, 0) is 6.54 Å². The Bertz CT molecular complexity index is 764. The fourth-order valence-corrected chi connectivity index (χ4v) is 3.45. The summed E-state index contributed by atoms with van der Waals surface area (Å²) in [6.07, 6.45) is 2.52. The van der Waals surface area contributed by atoms with Crippen LogP contribution < -0.4 is 10.1 Å². The van der Waals surface area contributed by atoms with E-state index in [0.29, 0.717) is 6.61 Å². The number of benzene rings is 1. The molecule has 1 aromatic heterocycles. The van der Waals surface area contributed by atoms with Gasteiger partial charge in [0, 0.05) is 57.4 Å². The summed E-state index contributed by atoms with van der Waals surface area (Å²) in [7, 11) is 1.83. The number of aliphatic imine (C=N–C) groups is 1. The first-order valence-electron chi connectivity index (χ1n) is 9.62. The SMILES string of the molecule is CN=C(NCCCOc1ccc(Cl)cc1C)N1CCN(Cc2ccon2)CC1.I. The molecule has 0 bridgehead atoms. The van der Waals surface area contributed by atoms with Gasteiger partial charge in [0.15, 0.2) is 5.96 Å². The van der Waals surface area contributed by atoms with Gasteiger partial charge in [-0.25, -0.2) is 0 Å². The second-order valence-corrected chi connectivity index (χ2v) is 7.28. The number of rotatable bonds is 7. The predicted molar refractivity (Wildman–Crippen MR) is 126 cm³/mol. The zero-order valence-electron chi connectivity index (χ0n) is 16.9. The number of ether oxygens (including phenoxy) is 1. The molecular weight excluding hydrogens is 505 g/mol. The van der Waals surface area contributed by atoms with E-state index in [2.05, 4.69) is 25.3 Å². The van der Waals surface area contributed by atoms with E-state index in [9.17, 15) is 0 Å². The third kappa shape index (κ3) is 7.35. The number of nitrogens with one attached hydrogen (secondary N) is 1. The molecule has 29 heavy (non-hydrogen) atoms. The Morgan fingerprint density at radius 2 is 2.07 bits per heavy atom. The third-order valence-electron chi connectivity index (χ3n) is 4.76. The van der Waals surface area contributed by atoms with Gasteiger partial charge in [0.1, 0.15) is 12.0 Å². The van der Waals surface area contributed by atoms with E-state index in [1.54, 1.807) is 6.26 Å². The first-order valence-corrected chi connectivity index (χ1v) is 9.99. The molecule has 2 aromatic rings. The fourth-order valence-electron chi connectivity index (χ4n) is 3.23. The zero-order chi connectivity index (χ0) is 19.8. The number of nitrogens with zero attached hydrogens (tertiary/aromatic N) is 4. The van der Waals surface area contributed by atoms with Crippen molar-refractivity contribution in [3.05, 3.63) is 46.8 Å². The highest BCUT2D eigenvalue weighted by molar-refractivity contribution is 14.0. The highest BCUT2D eigenvalue weighted by atomic mass is 127. The molecule has 160 valence electrons. The van der Waals surface area contributed by atoms with Crippen molar-refractivity contribution in [1.82, 2.24) is 20.3 Å². The van der Waals surface area contributed by atoms with Crippen molar-refractivity contribution in [2.24, 2.45) is 4.99 Å².